The highest BCUT2D eigenvalue weighted by Crippen LogP contribution is 2.34. The molecule has 2 atom stereocenters. The quantitative estimate of drug-likeness (QED) is 0.853. The second kappa shape index (κ2) is 7.25. The monoisotopic (exact) mass is 340 g/mol. The maximum absolute atomic E-state index is 6.14. The fourth-order valence-corrected chi connectivity index (χ4v) is 4.98. The Labute approximate surface area is 139 Å². The normalized spacial score (nSPS) is 21.5. The SMILES string of the molecule is CCN1CCCC(NC(c2cccs2)c2ccc(Cl)s2)C1. The Morgan fingerprint density at radius 3 is 2.95 bits per heavy atom. The molecule has 2 aromatic rings. The van der Waals surface area contributed by atoms with Gasteiger partial charge in [0.05, 0.1) is 10.4 Å². The second-order valence-corrected chi connectivity index (χ2v) is 8.22. The Balaban J connectivity index is 1.76. The number of likely N-dealkylation sites (tertiary alicyclic amines) is 1. The molecule has 1 aliphatic rings. The summed E-state index contributed by atoms with van der Waals surface area (Å²) in [6.45, 7) is 5.78. The number of rotatable bonds is 5. The van der Waals surface area contributed by atoms with Crippen LogP contribution in [-0.2, 0) is 0 Å². The van der Waals surface area contributed by atoms with E-state index in [1.807, 2.05) is 17.4 Å². The maximum atomic E-state index is 6.14. The summed E-state index contributed by atoms with van der Waals surface area (Å²) in [7, 11) is 0. The minimum absolute atomic E-state index is 0.282. The number of halogens is 1. The first-order valence-corrected chi connectivity index (χ1v) is 9.60. The minimum Gasteiger partial charge on any atom is -0.302 e. The number of thiophene rings is 2. The Hall–Kier alpha value is -0.390. The van der Waals surface area contributed by atoms with Crippen molar-refractivity contribution in [2.24, 2.45) is 0 Å². The molecule has 0 bridgehead atoms. The largest absolute Gasteiger partial charge is 0.302 e. The van der Waals surface area contributed by atoms with Crippen LogP contribution in [0.25, 0.3) is 0 Å². The van der Waals surface area contributed by atoms with Gasteiger partial charge in [-0.1, -0.05) is 24.6 Å². The molecule has 2 nitrogen and oxygen atoms in total. The highest BCUT2D eigenvalue weighted by atomic mass is 35.5. The Morgan fingerprint density at radius 2 is 2.29 bits per heavy atom. The summed E-state index contributed by atoms with van der Waals surface area (Å²) < 4.78 is 0.868. The molecule has 0 spiro atoms. The first-order chi connectivity index (χ1) is 10.3. The lowest BCUT2D eigenvalue weighted by molar-refractivity contribution is 0.194. The van der Waals surface area contributed by atoms with E-state index < -0.39 is 0 Å². The Kier molecular flexibility index (Phi) is 5.35. The van der Waals surface area contributed by atoms with Crippen LogP contribution in [0.5, 0.6) is 0 Å². The zero-order valence-electron chi connectivity index (χ0n) is 12.2. The number of hydrogen-bond donors (Lipinski definition) is 1. The molecule has 1 N–H and O–H groups in total. The average Bonchev–Trinajstić information content (AvgIpc) is 3.16. The summed E-state index contributed by atoms with van der Waals surface area (Å²) in [4.78, 5) is 5.23. The average molecular weight is 341 g/mol. The predicted octanol–water partition coefficient (Wildman–Crippen LogP) is 4.63. The smallest absolute Gasteiger partial charge is 0.0931 e. The van der Waals surface area contributed by atoms with Gasteiger partial charge in [-0.15, -0.1) is 22.7 Å². The van der Waals surface area contributed by atoms with Crippen molar-refractivity contribution in [1.29, 1.82) is 0 Å². The van der Waals surface area contributed by atoms with Crippen LogP contribution in [0.15, 0.2) is 29.6 Å². The Morgan fingerprint density at radius 1 is 1.38 bits per heavy atom. The van der Waals surface area contributed by atoms with Crippen molar-refractivity contribution in [3.8, 4) is 0 Å². The molecule has 3 heterocycles. The van der Waals surface area contributed by atoms with Crippen molar-refractivity contribution in [2.75, 3.05) is 19.6 Å². The van der Waals surface area contributed by atoms with Crippen LogP contribution < -0.4 is 5.32 Å². The summed E-state index contributed by atoms with van der Waals surface area (Å²) >= 11 is 9.64. The lowest BCUT2D eigenvalue weighted by Gasteiger charge is -2.34. The van der Waals surface area contributed by atoms with E-state index in [0.29, 0.717) is 6.04 Å². The zero-order valence-corrected chi connectivity index (χ0v) is 14.6. The van der Waals surface area contributed by atoms with Gasteiger partial charge in [0, 0.05) is 22.3 Å². The van der Waals surface area contributed by atoms with E-state index in [1.165, 1.54) is 29.1 Å². The molecule has 5 heteroatoms. The molecule has 114 valence electrons. The number of piperidine rings is 1. The third kappa shape index (κ3) is 3.88. The molecular weight excluding hydrogens is 320 g/mol. The lowest BCUT2D eigenvalue weighted by atomic mass is 10.0. The lowest BCUT2D eigenvalue weighted by Crippen LogP contribution is -2.46. The van der Waals surface area contributed by atoms with Crippen LogP contribution in [-0.4, -0.2) is 30.6 Å². The van der Waals surface area contributed by atoms with Gasteiger partial charge in [0.15, 0.2) is 0 Å². The van der Waals surface area contributed by atoms with Gasteiger partial charge in [-0.05, 0) is 49.5 Å². The molecule has 1 saturated heterocycles. The molecule has 0 amide bonds. The molecule has 0 radical (unpaired) electrons. The summed E-state index contributed by atoms with van der Waals surface area (Å²) in [5, 5.41) is 6.02. The fourth-order valence-electron chi connectivity index (χ4n) is 2.96. The van der Waals surface area contributed by atoms with E-state index in [4.69, 9.17) is 11.6 Å². The van der Waals surface area contributed by atoms with Gasteiger partial charge in [0.25, 0.3) is 0 Å². The van der Waals surface area contributed by atoms with E-state index in [9.17, 15) is 0 Å². The van der Waals surface area contributed by atoms with Crippen molar-refractivity contribution in [3.63, 3.8) is 0 Å². The van der Waals surface area contributed by atoms with Crippen molar-refractivity contribution in [3.05, 3.63) is 43.7 Å². The maximum Gasteiger partial charge on any atom is 0.0931 e. The summed E-state index contributed by atoms with van der Waals surface area (Å²) in [5.41, 5.74) is 0. The summed E-state index contributed by atoms with van der Waals surface area (Å²) in [6, 6.07) is 9.35. The molecule has 2 unspecified atom stereocenters. The molecule has 0 aromatic carbocycles. The molecule has 21 heavy (non-hydrogen) atoms. The van der Waals surface area contributed by atoms with E-state index >= 15 is 0 Å². The van der Waals surface area contributed by atoms with Gasteiger partial charge < -0.3 is 10.2 Å². The standard InChI is InChI=1S/C16H21ClN2S2/c1-2-19-9-3-5-12(11-19)18-16(13-6-4-10-20-13)14-7-8-15(17)21-14/h4,6-8,10,12,16,18H,2-3,5,9,11H2,1H3. The molecule has 0 saturated carbocycles. The van der Waals surface area contributed by atoms with Gasteiger partial charge in [-0.2, -0.15) is 0 Å². The van der Waals surface area contributed by atoms with Crippen LogP contribution in [0.3, 0.4) is 0 Å². The van der Waals surface area contributed by atoms with Crippen molar-refractivity contribution >= 4 is 34.3 Å². The van der Waals surface area contributed by atoms with Crippen LogP contribution in [0, 0.1) is 0 Å². The molecule has 3 rings (SSSR count). The minimum atomic E-state index is 0.282. The number of nitrogens with zero attached hydrogens (tertiary/aromatic N) is 1. The second-order valence-electron chi connectivity index (χ2n) is 5.49. The van der Waals surface area contributed by atoms with Gasteiger partial charge in [-0.25, -0.2) is 0 Å². The van der Waals surface area contributed by atoms with E-state index in [1.54, 1.807) is 11.3 Å². The first-order valence-electron chi connectivity index (χ1n) is 7.53. The Bertz CT molecular complexity index is 552. The molecule has 1 aliphatic heterocycles. The molecule has 2 aromatic heterocycles. The van der Waals surface area contributed by atoms with Crippen LogP contribution in [0.4, 0.5) is 0 Å². The number of hydrogen-bond acceptors (Lipinski definition) is 4. The highest BCUT2D eigenvalue weighted by Gasteiger charge is 2.24. The van der Waals surface area contributed by atoms with E-state index in [0.717, 1.165) is 17.4 Å². The van der Waals surface area contributed by atoms with Crippen molar-refractivity contribution < 1.29 is 0 Å². The van der Waals surface area contributed by atoms with Gasteiger partial charge in [0.1, 0.15) is 0 Å². The summed E-state index contributed by atoms with van der Waals surface area (Å²) in [5.74, 6) is 0. The van der Waals surface area contributed by atoms with E-state index in [-0.39, 0.29) is 6.04 Å². The predicted molar refractivity (Wildman–Crippen MR) is 93.8 cm³/mol. The van der Waals surface area contributed by atoms with Crippen LogP contribution >= 0.6 is 34.3 Å². The van der Waals surface area contributed by atoms with Gasteiger partial charge in [-0.3, -0.25) is 0 Å². The third-order valence-electron chi connectivity index (χ3n) is 4.06. The van der Waals surface area contributed by atoms with Crippen LogP contribution in [0.2, 0.25) is 4.34 Å². The number of nitrogens with one attached hydrogen (secondary N) is 1. The number of likely N-dealkylation sites (N-methyl/N-ethyl adjacent to an activating group) is 1. The molecular formula is C16H21ClN2S2. The topological polar surface area (TPSA) is 15.3 Å². The molecule has 0 aliphatic carbocycles. The van der Waals surface area contributed by atoms with Gasteiger partial charge >= 0.3 is 0 Å². The third-order valence-corrected chi connectivity index (χ3v) is 6.29. The van der Waals surface area contributed by atoms with Crippen molar-refractivity contribution in [2.45, 2.75) is 31.8 Å². The fraction of sp³-hybridized carbons (Fsp3) is 0.500. The van der Waals surface area contributed by atoms with Crippen LogP contribution in [0.1, 0.15) is 35.6 Å². The first kappa shape index (κ1) is 15.5. The highest BCUT2D eigenvalue weighted by molar-refractivity contribution is 7.16. The summed E-state index contributed by atoms with van der Waals surface area (Å²) in [6.07, 6.45) is 2.55. The van der Waals surface area contributed by atoms with E-state index in [2.05, 4.69) is 40.7 Å². The zero-order chi connectivity index (χ0) is 14.7. The van der Waals surface area contributed by atoms with Crippen molar-refractivity contribution in [1.82, 2.24) is 10.2 Å². The molecule has 1 fully saturated rings. The van der Waals surface area contributed by atoms with Gasteiger partial charge in [0.2, 0.25) is 0 Å².